The first-order chi connectivity index (χ1) is 21.9. The lowest BCUT2D eigenvalue weighted by Crippen LogP contribution is -2.15. The summed E-state index contributed by atoms with van der Waals surface area (Å²) in [5.41, 5.74) is 0. The molecule has 0 rings (SSSR count). The Balaban J connectivity index is 3.03. The fraction of sp³-hybridized carbons (Fsp3) is 0.935. The van der Waals surface area contributed by atoms with E-state index in [1.807, 2.05) is 0 Å². The molecule has 13 heteroatoms. The Morgan fingerprint density at radius 3 is 0.705 bits per heavy atom. The van der Waals surface area contributed by atoms with Crippen molar-refractivity contribution in [3.63, 3.8) is 0 Å². The minimum Gasteiger partial charge on any atom is -0.499 e. The average Bonchev–Trinajstić information content (AvgIpc) is 3.04. The average molecular weight is 643 g/mol. The molecule has 0 atom stereocenters. The van der Waals surface area contributed by atoms with E-state index in [2.05, 4.69) is 13.5 Å². The molecule has 0 aliphatic heterocycles. The van der Waals surface area contributed by atoms with Crippen LogP contribution in [0.1, 0.15) is 26.2 Å². The van der Waals surface area contributed by atoms with Gasteiger partial charge < -0.3 is 61.6 Å². The van der Waals surface area contributed by atoms with Gasteiger partial charge in [0.25, 0.3) is 0 Å². The summed E-state index contributed by atoms with van der Waals surface area (Å²) in [4.78, 5) is 0. The van der Waals surface area contributed by atoms with Gasteiger partial charge in [-0.25, -0.2) is 0 Å². The van der Waals surface area contributed by atoms with Crippen molar-refractivity contribution in [3.8, 4) is 0 Å². The Morgan fingerprint density at radius 1 is 0.295 bits per heavy atom. The Hall–Kier alpha value is -0.940. The Kier molecular flexibility index (Phi) is 41.2. The SMILES string of the molecule is C=COCCOCCOCCOCCOCCOCCOCCOCCOCCOCCOCCOCCOCCCCC. The molecule has 0 spiro atoms. The van der Waals surface area contributed by atoms with Crippen LogP contribution in [-0.2, 0) is 61.6 Å². The van der Waals surface area contributed by atoms with E-state index in [4.69, 9.17) is 61.6 Å². The Bertz CT molecular complexity index is 517. The molecule has 44 heavy (non-hydrogen) atoms. The van der Waals surface area contributed by atoms with Crippen molar-refractivity contribution in [3.05, 3.63) is 12.8 Å². The summed E-state index contributed by atoms with van der Waals surface area (Å²) < 4.78 is 70.3. The van der Waals surface area contributed by atoms with Crippen molar-refractivity contribution in [2.24, 2.45) is 0 Å². The lowest BCUT2D eigenvalue weighted by Gasteiger charge is -2.09. The third-order valence-electron chi connectivity index (χ3n) is 5.45. The number of hydrogen-bond donors (Lipinski definition) is 0. The fourth-order valence-corrected chi connectivity index (χ4v) is 3.17. The van der Waals surface area contributed by atoms with Crippen molar-refractivity contribution in [2.45, 2.75) is 26.2 Å². The Morgan fingerprint density at radius 2 is 0.500 bits per heavy atom. The summed E-state index contributed by atoms with van der Waals surface area (Å²) in [6.07, 6.45) is 4.94. The number of rotatable bonds is 41. The molecule has 13 nitrogen and oxygen atoms in total. The van der Waals surface area contributed by atoms with Crippen LogP contribution in [-0.4, -0.2) is 165 Å². The largest absolute Gasteiger partial charge is 0.499 e. The summed E-state index contributed by atoms with van der Waals surface area (Å²) in [5, 5.41) is 0. The molecule has 0 aliphatic carbocycles. The van der Waals surface area contributed by atoms with Crippen LogP contribution in [0.2, 0.25) is 0 Å². The summed E-state index contributed by atoms with van der Waals surface area (Å²) >= 11 is 0. The second-order valence-electron chi connectivity index (χ2n) is 9.09. The van der Waals surface area contributed by atoms with Crippen LogP contribution in [0, 0.1) is 0 Å². The molecular formula is C31H62O13. The van der Waals surface area contributed by atoms with E-state index in [1.165, 1.54) is 19.1 Å². The molecule has 264 valence electrons. The molecular weight excluding hydrogens is 580 g/mol. The topological polar surface area (TPSA) is 120 Å². The maximum Gasteiger partial charge on any atom is 0.111 e. The Labute approximate surface area is 265 Å². The van der Waals surface area contributed by atoms with Crippen LogP contribution in [0.5, 0.6) is 0 Å². The van der Waals surface area contributed by atoms with Crippen molar-refractivity contribution in [1.29, 1.82) is 0 Å². The zero-order valence-corrected chi connectivity index (χ0v) is 27.4. The normalized spacial score (nSPS) is 11.4. The maximum absolute atomic E-state index is 5.48. The monoisotopic (exact) mass is 642 g/mol. The molecule has 0 radical (unpaired) electrons. The van der Waals surface area contributed by atoms with E-state index in [0.717, 1.165) is 13.0 Å². The molecule has 0 bridgehead atoms. The van der Waals surface area contributed by atoms with Gasteiger partial charge in [-0.3, -0.25) is 0 Å². The van der Waals surface area contributed by atoms with Gasteiger partial charge >= 0.3 is 0 Å². The second-order valence-corrected chi connectivity index (χ2v) is 9.09. The summed E-state index contributed by atoms with van der Waals surface area (Å²) in [5.74, 6) is 0. The first-order valence-electron chi connectivity index (χ1n) is 16.1. The zero-order chi connectivity index (χ0) is 31.7. The van der Waals surface area contributed by atoms with Crippen molar-refractivity contribution >= 4 is 0 Å². The minimum absolute atomic E-state index is 0.503. The highest BCUT2D eigenvalue weighted by molar-refractivity contribution is 4.47. The third kappa shape index (κ3) is 41.1. The number of ether oxygens (including phenoxy) is 13. The summed E-state index contributed by atoms with van der Waals surface area (Å²) in [7, 11) is 0. The fourth-order valence-electron chi connectivity index (χ4n) is 3.17. The van der Waals surface area contributed by atoms with Crippen LogP contribution in [0.15, 0.2) is 12.8 Å². The van der Waals surface area contributed by atoms with E-state index in [9.17, 15) is 0 Å². The van der Waals surface area contributed by atoms with Gasteiger partial charge in [-0.2, -0.15) is 0 Å². The van der Waals surface area contributed by atoms with E-state index in [1.54, 1.807) is 0 Å². The quantitative estimate of drug-likeness (QED) is 0.0718. The summed E-state index contributed by atoms with van der Waals surface area (Å²) in [6, 6.07) is 0. The van der Waals surface area contributed by atoms with E-state index < -0.39 is 0 Å². The van der Waals surface area contributed by atoms with Crippen LogP contribution < -0.4 is 0 Å². The van der Waals surface area contributed by atoms with Crippen LogP contribution in [0.4, 0.5) is 0 Å². The second kappa shape index (κ2) is 42.1. The molecule has 0 aromatic carbocycles. The van der Waals surface area contributed by atoms with Gasteiger partial charge in [0, 0.05) is 6.61 Å². The lowest BCUT2D eigenvalue weighted by molar-refractivity contribution is -0.0286. The smallest absolute Gasteiger partial charge is 0.111 e. The highest BCUT2D eigenvalue weighted by Crippen LogP contribution is 1.94. The predicted molar refractivity (Wildman–Crippen MR) is 166 cm³/mol. The van der Waals surface area contributed by atoms with E-state index >= 15 is 0 Å². The first kappa shape index (κ1) is 43.1. The molecule has 0 N–H and O–H groups in total. The van der Waals surface area contributed by atoms with Crippen LogP contribution in [0.3, 0.4) is 0 Å². The van der Waals surface area contributed by atoms with Gasteiger partial charge in [-0.05, 0) is 6.42 Å². The van der Waals surface area contributed by atoms with Gasteiger partial charge in [-0.15, -0.1) is 0 Å². The molecule has 0 aromatic rings. The number of hydrogen-bond acceptors (Lipinski definition) is 13. The highest BCUT2D eigenvalue weighted by atomic mass is 16.6. The molecule has 0 aliphatic rings. The summed E-state index contributed by atoms with van der Waals surface area (Å²) in [6.45, 7) is 19.2. The van der Waals surface area contributed by atoms with Gasteiger partial charge in [0.15, 0.2) is 0 Å². The van der Waals surface area contributed by atoms with Crippen molar-refractivity contribution in [2.75, 3.05) is 165 Å². The maximum atomic E-state index is 5.48. The molecule has 0 saturated carbocycles. The molecule has 0 unspecified atom stereocenters. The van der Waals surface area contributed by atoms with Crippen molar-refractivity contribution < 1.29 is 61.6 Å². The third-order valence-corrected chi connectivity index (χ3v) is 5.45. The standard InChI is InChI=1S/C31H62O13/c1-3-5-6-7-33-10-11-35-14-15-37-18-19-39-22-23-41-26-27-43-30-31-44-29-28-42-25-24-40-21-20-38-17-16-36-13-12-34-9-8-32-4-2/h4H,2-3,5-31H2,1H3. The highest BCUT2D eigenvalue weighted by Gasteiger charge is 1.97. The molecule has 0 amide bonds. The van der Waals surface area contributed by atoms with Crippen LogP contribution >= 0.6 is 0 Å². The molecule has 0 saturated heterocycles. The number of unbranched alkanes of at least 4 members (excludes halogenated alkanes) is 2. The van der Waals surface area contributed by atoms with Gasteiger partial charge in [0.05, 0.1) is 158 Å². The first-order valence-corrected chi connectivity index (χ1v) is 16.1. The van der Waals surface area contributed by atoms with Gasteiger partial charge in [0.1, 0.15) is 6.61 Å². The van der Waals surface area contributed by atoms with E-state index in [0.29, 0.717) is 159 Å². The predicted octanol–water partition coefficient (Wildman–Crippen LogP) is 2.54. The zero-order valence-electron chi connectivity index (χ0n) is 27.4. The van der Waals surface area contributed by atoms with Gasteiger partial charge in [0.2, 0.25) is 0 Å². The van der Waals surface area contributed by atoms with Gasteiger partial charge in [-0.1, -0.05) is 26.3 Å². The van der Waals surface area contributed by atoms with Crippen LogP contribution in [0.25, 0.3) is 0 Å². The molecule has 0 fully saturated rings. The van der Waals surface area contributed by atoms with E-state index in [-0.39, 0.29) is 0 Å². The molecule has 0 aromatic heterocycles. The lowest BCUT2D eigenvalue weighted by atomic mass is 10.3. The minimum atomic E-state index is 0.503. The molecule has 0 heterocycles. The van der Waals surface area contributed by atoms with Crippen molar-refractivity contribution in [1.82, 2.24) is 0 Å².